The molecule has 5 nitrogen and oxygen atoms in total. The van der Waals surface area contributed by atoms with Gasteiger partial charge in [0.1, 0.15) is 18.0 Å². The van der Waals surface area contributed by atoms with E-state index < -0.39 is 18.2 Å². The molecule has 0 aliphatic rings. The number of hydrogen-bond acceptors (Lipinski definition) is 4. The molecule has 0 aliphatic carbocycles. The van der Waals surface area contributed by atoms with Crippen molar-refractivity contribution in [1.82, 2.24) is 0 Å². The Kier molecular flexibility index (Phi) is 10.1. The summed E-state index contributed by atoms with van der Waals surface area (Å²) in [5.74, 6) is -0.261. The lowest BCUT2D eigenvalue weighted by Crippen LogP contribution is -2.10. The Labute approximate surface area is 194 Å². The number of carboxylic acid groups (broad SMARTS) is 1. The van der Waals surface area contributed by atoms with Gasteiger partial charge in [-0.25, -0.2) is 4.79 Å². The van der Waals surface area contributed by atoms with Gasteiger partial charge in [-0.2, -0.15) is 0 Å². The molecule has 0 heterocycles. The predicted molar refractivity (Wildman–Crippen MR) is 132 cm³/mol. The van der Waals surface area contributed by atoms with E-state index in [9.17, 15) is 15.0 Å². The molecule has 0 amide bonds. The summed E-state index contributed by atoms with van der Waals surface area (Å²) < 4.78 is 4.86. The molecule has 0 bridgehead atoms. The molecule has 2 unspecified atom stereocenters. The molecular weight excluding hydrogens is 416 g/mol. The van der Waals surface area contributed by atoms with Gasteiger partial charge in [0, 0.05) is 0 Å². The Morgan fingerprint density at radius 2 is 1.12 bits per heavy atom. The Bertz CT molecular complexity index is 989. The molecule has 3 aromatic rings. The second-order valence-corrected chi connectivity index (χ2v) is 7.26. The largest absolute Gasteiger partial charge is 0.497 e. The number of benzene rings is 3. The van der Waals surface area contributed by atoms with Crippen LogP contribution >= 0.6 is 0 Å². The van der Waals surface area contributed by atoms with Crippen LogP contribution in [-0.2, 0) is 0 Å². The molecule has 0 fully saturated rings. The van der Waals surface area contributed by atoms with Crippen LogP contribution < -0.4 is 4.74 Å². The lowest BCUT2D eigenvalue weighted by atomic mass is 9.97. The molecule has 2 atom stereocenters. The van der Waals surface area contributed by atoms with Crippen LogP contribution in [0.3, 0.4) is 0 Å². The van der Waals surface area contributed by atoms with E-state index in [1.165, 1.54) is 19.2 Å². The first-order valence-corrected chi connectivity index (χ1v) is 10.6. The standard InChI is InChI=1S/C20H22O2.C8H8O3/c1-3-5-15-7-11-17(12-8-15)19(21)20(22)18-13-9-16(6-4-2)10-14-18;1-11-7-4-2-6(3-5-7)8(9)10/h3-14,19-22H,1-2H3;2-5H,1H3,(H,9,10)/b5-3+,6-4+;. The highest BCUT2D eigenvalue weighted by Crippen LogP contribution is 2.29. The van der Waals surface area contributed by atoms with Crippen molar-refractivity contribution in [3.63, 3.8) is 0 Å². The fraction of sp³-hybridized carbons (Fsp3) is 0.179. The van der Waals surface area contributed by atoms with E-state index in [0.717, 1.165) is 11.1 Å². The third-order valence-electron chi connectivity index (χ3n) is 4.91. The van der Waals surface area contributed by atoms with Gasteiger partial charge in [0.05, 0.1) is 12.7 Å². The van der Waals surface area contributed by atoms with Crippen molar-refractivity contribution < 1.29 is 24.9 Å². The smallest absolute Gasteiger partial charge is 0.335 e. The van der Waals surface area contributed by atoms with E-state index in [1.54, 1.807) is 12.1 Å². The van der Waals surface area contributed by atoms with Crippen LogP contribution in [-0.4, -0.2) is 28.4 Å². The van der Waals surface area contributed by atoms with Gasteiger partial charge in [-0.15, -0.1) is 0 Å². The van der Waals surface area contributed by atoms with Gasteiger partial charge < -0.3 is 20.1 Å². The number of methoxy groups -OCH3 is 1. The summed E-state index contributed by atoms with van der Waals surface area (Å²) in [5.41, 5.74) is 3.83. The van der Waals surface area contributed by atoms with Crippen molar-refractivity contribution in [1.29, 1.82) is 0 Å². The second-order valence-electron chi connectivity index (χ2n) is 7.26. The molecule has 0 aromatic heterocycles. The van der Waals surface area contributed by atoms with Gasteiger partial charge in [-0.1, -0.05) is 72.8 Å². The summed E-state index contributed by atoms with van der Waals surface area (Å²) >= 11 is 0. The zero-order chi connectivity index (χ0) is 24.2. The third-order valence-corrected chi connectivity index (χ3v) is 4.91. The maximum atomic E-state index is 10.4. The van der Waals surface area contributed by atoms with Crippen LogP contribution in [0.15, 0.2) is 84.9 Å². The van der Waals surface area contributed by atoms with Gasteiger partial charge >= 0.3 is 5.97 Å². The van der Waals surface area contributed by atoms with Crippen molar-refractivity contribution >= 4 is 18.1 Å². The molecule has 3 aromatic carbocycles. The van der Waals surface area contributed by atoms with E-state index >= 15 is 0 Å². The Hall–Kier alpha value is -3.67. The highest BCUT2D eigenvalue weighted by molar-refractivity contribution is 5.87. The predicted octanol–water partition coefficient (Wildman–Crippen LogP) is 5.91. The number of aliphatic hydroxyl groups is 2. The molecule has 172 valence electrons. The van der Waals surface area contributed by atoms with Crippen molar-refractivity contribution in [2.24, 2.45) is 0 Å². The van der Waals surface area contributed by atoms with E-state index in [0.29, 0.717) is 16.9 Å². The number of allylic oxidation sites excluding steroid dienone is 2. The Morgan fingerprint density at radius 1 is 0.727 bits per heavy atom. The fourth-order valence-electron chi connectivity index (χ4n) is 3.09. The van der Waals surface area contributed by atoms with Gasteiger partial charge in [0.15, 0.2) is 0 Å². The normalized spacial score (nSPS) is 12.8. The monoisotopic (exact) mass is 446 g/mol. The minimum Gasteiger partial charge on any atom is -0.497 e. The first kappa shape index (κ1) is 25.6. The van der Waals surface area contributed by atoms with Crippen molar-refractivity contribution in [3.05, 3.63) is 113 Å². The highest BCUT2D eigenvalue weighted by atomic mass is 16.5. The Balaban J connectivity index is 0.000000294. The van der Waals surface area contributed by atoms with Crippen molar-refractivity contribution in [2.45, 2.75) is 26.1 Å². The SMILES string of the molecule is C/C=C/c1ccc(C(O)C(O)c2ccc(/C=C/C)cc2)cc1.COc1ccc(C(=O)O)cc1. The van der Waals surface area contributed by atoms with E-state index in [2.05, 4.69) is 0 Å². The average molecular weight is 447 g/mol. The van der Waals surface area contributed by atoms with Gasteiger partial charge in [0.25, 0.3) is 0 Å². The zero-order valence-electron chi connectivity index (χ0n) is 19.1. The van der Waals surface area contributed by atoms with E-state index in [-0.39, 0.29) is 5.56 Å². The molecule has 3 N–H and O–H groups in total. The number of hydrogen-bond donors (Lipinski definition) is 3. The molecular formula is C28H30O5. The number of carboxylic acids is 1. The zero-order valence-corrected chi connectivity index (χ0v) is 19.1. The van der Waals surface area contributed by atoms with Crippen LogP contribution in [0.5, 0.6) is 5.75 Å². The van der Waals surface area contributed by atoms with Gasteiger partial charge in [-0.05, 0) is 60.4 Å². The minimum absolute atomic E-state index is 0.269. The lowest BCUT2D eigenvalue weighted by Gasteiger charge is -2.19. The first-order valence-electron chi connectivity index (χ1n) is 10.6. The van der Waals surface area contributed by atoms with Crippen LogP contribution in [0.4, 0.5) is 0 Å². The van der Waals surface area contributed by atoms with E-state index in [1.807, 2.05) is 86.7 Å². The van der Waals surface area contributed by atoms with E-state index in [4.69, 9.17) is 9.84 Å². The van der Waals surface area contributed by atoms with Crippen LogP contribution in [0, 0.1) is 0 Å². The first-order chi connectivity index (χ1) is 15.9. The second kappa shape index (κ2) is 13.0. The summed E-state index contributed by atoms with van der Waals surface area (Å²) in [5, 5.41) is 29.2. The number of aromatic carboxylic acids is 1. The van der Waals surface area contributed by atoms with Crippen molar-refractivity contribution in [2.75, 3.05) is 7.11 Å². The average Bonchev–Trinajstić information content (AvgIpc) is 2.85. The molecule has 0 aliphatic heterocycles. The molecule has 5 heteroatoms. The van der Waals surface area contributed by atoms with Crippen molar-refractivity contribution in [3.8, 4) is 5.75 Å². The molecule has 3 rings (SSSR count). The molecule has 0 spiro atoms. The van der Waals surface area contributed by atoms with Crippen LogP contribution in [0.25, 0.3) is 12.2 Å². The maximum Gasteiger partial charge on any atom is 0.335 e. The van der Waals surface area contributed by atoms with Gasteiger partial charge in [0.2, 0.25) is 0 Å². The summed E-state index contributed by atoms with van der Waals surface area (Å²) in [4.78, 5) is 10.4. The highest BCUT2D eigenvalue weighted by Gasteiger charge is 2.19. The molecule has 0 saturated carbocycles. The molecule has 33 heavy (non-hydrogen) atoms. The van der Waals surface area contributed by atoms with Gasteiger partial charge in [-0.3, -0.25) is 0 Å². The topological polar surface area (TPSA) is 87.0 Å². The quantitative estimate of drug-likeness (QED) is 0.420. The Morgan fingerprint density at radius 3 is 1.42 bits per heavy atom. The maximum absolute atomic E-state index is 10.4. The number of aliphatic hydroxyl groups excluding tert-OH is 2. The lowest BCUT2D eigenvalue weighted by molar-refractivity contribution is 0.0172. The summed E-state index contributed by atoms with van der Waals surface area (Å²) in [6.45, 7) is 3.92. The van der Waals surface area contributed by atoms with Crippen LogP contribution in [0.2, 0.25) is 0 Å². The number of rotatable bonds is 7. The summed E-state index contributed by atoms with van der Waals surface area (Å²) in [6, 6.07) is 21.3. The third kappa shape index (κ3) is 7.75. The summed E-state index contributed by atoms with van der Waals surface area (Å²) in [6.07, 6.45) is 6.04. The van der Waals surface area contributed by atoms with Crippen LogP contribution in [0.1, 0.15) is 58.7 Å². The molecule has 0 radical (unpaired) electrons. The fourth-order valence-corrected chi connectivity index (χ4v) is 3.09. The minimum atomic E-state index is -0.938. The molecule has 0 saturated heterocycles. The number of carbonyl (C=O) groups is 1. The number of ether oxygens (including phenoxy) is 1. The summed E-state index contributed by atoms with van der Waals surface area (Å²) in [7, 11) is 1.54.